The summed E-state index contributed by atoms with van der Waals surface area (Å²) in [5.74, 6) is 0.761. The van der Waals surface area contributed by atoms with Crippen LogP contribution in [0, 0.1) is 20.5 Å². The van der Waals surface area contributed by atoms with Crippen molar-refractivity contribution in [1.82, 2.24) is 30.0 Å². The molecule has 4 heterocycles. The Kier molecular flexibility index (Phi) is 8.76. The van der Waals surface area contributed by atoms with E-state index in [4.69, 9.17) is 9.97 Å². The number of H-pyrrole nitrogens is 2. The van der Waals surface area contributed by atoms with Gasteiger partial charge in [0.05, 0.1) is 5.82 Å². The fourth-order valence-electron chi connectivity index (χ4n) is 4.15. The van der Waals surface area contributed by atoms with Crippen LogP contribution in [0.15, 0.2) is 24.5 Å². The molecular formula is C23H29KN8S-2. The van der Waals surface area contributed by atoms with E-state index in [0.29, 0.717) is 12.1 Å². The van der Waals surface area contributed by atoms with Crippen molar-refractivity contribution >= 4 is 32.6 Å². The molecule has 0 amide bonds. The van der Waals surface area contributed by atoms with Crippen LogP contribution in [0.3, 0.4) is 0 Å². The number of thiazole rings is 1. The summed E-state index contributed by atoms with van der Waals surface area (Å²) in [5, 5.41) is 10.8. The SMILES string of the molecule is [CH2-]Nc1[c-]c(-c2cn[nH]c2)ccc1-c1nc2sc(N(C)C3CCN(C)C(C)C3)nc2[nH]1.[CH3-].[K+]. The van der Waals surface area contributed by atoms with Crippen LogP contribution in [-0.2, 0) is 0 Å². The van der Waals surface area contributed by atoms with E-state index >= 15 is 0 Å². The molecule has 2 atom stereocenters. The molecule has 10 heteroatoms. The van der Waals surface area contributed by atoms with Gasteiger partial charge in [-0.15, -0.1) is 23.8 Å². The number of rotatable bonds is 5. The van der Waals surface area contributed by atoms with Crippen molar-refractivity contribution in [3.63, 3.8) is 0 Å². The molecule has 1 aromatic carbocycles. The summed E-state index contributed by atoms with van der Waals surface area (Å²) in [6, 6.07) is 8.47. The molecular weight excluding hydrogens is 459 g/mol. The van der Waals surface area contributed by atoms with Crippen LogP contribution >= 0.6 is 11.3 Å². The number of hydrogen-bond acceptors (Lipinski definition) is 7. The Bertz CT molecular complexity index is 1150. The molecule has 2 unspecified atom stereocenters. The van der Waals surface area contributed by atoms with E-state index < -0.39 is 0 Å². The first-order valence-corrected chi connectivity index (χ1v) is 11.2. The van der Waals surface area contributed by atoms with E-state index in [2.05, 4.69) is 64.4 Å². The van der Waals surface area contributed by atoms with Gasteiger partial charge in [0, 0.05) is 31.9 Å². The number of anilines is 2. The Morgan fingerprint density at radius 3 is 2.82 bits per heavy atom. The monoisotopic (exact) mass is 488 g/mol. The van der Waals surface area contributed by atoms with Gasteiger partial charge in [-0.3, -0.25) is 12.1 Å². The second-order valence-corrected chi connectivity index (χ2v) is 9.13. The van der Waals surface area contributed by atoms with E-state index in [0.717, 1.165) is 63.2 Å². The van der Waals surface area contributed by atoms with Crippen LogP contribution in [-0.4, -0.2) is 62.8 Å². The molecule has 1 fully saturated rings. The van der Waals surface area contributed by atoms with Gasteiger partial charge in [0.25, 0.3) is 0 Å². The van der Waals surface area contributed by atoms with Crippen LogP contribution in [0.2, 0.25) is 0 Å². The number of piperidine rings is 1. The standard InChI is InChI=1S/C22H26N8S.CH3.K/c1-13-9-16(7-8-29(13)3)30(4)22-28-20-21(31-22)27-19(26-20)17-6-5-14(10-18(17)23-2)15-11-24-25-12-15;;/h5-6,11-13,16,23H,2,7-9H2,1,3-4H3,(H,24,25)(H,26,27);1H3;/q-2;-1;+1. The van der Waals surface area contributed by atoms with E-state index in [9.17, 15) is 0 Å². The number of nitrogens with zero attached hydrogens (tertiary/aromatic N) is 5. The molecule has 33 heavy (non-hydrogen) atoms. The van der Waals surface area contributed by atoms with Crippen molar-refractivity contribution in [2.24, 2.45) is 0 Å². The Balaban J connectivity index is 0.00000153. The third kappa shape index (κ3) is 5.22. The molecule has 1 aliphatic rings. The molecule has 8 nitrogen and oxygen atoms in total. The molecule has 1 aliphatic heterocycles. The molecule has 0 radical (unpaired) electrons. The summed E-state index contributed by atoms with van der Waals surface area (Å²) in [6.07, 6.45) is 5.92. The fourth-order valence-corrected chi connectivity index (χ4v) is 5.08. The minimum atomic E-state index is 0. The van der Waals surface area contributed by atoms with Crippen LogP contribution in [0.5, 0.6) is 0 Å². The molecule has 0 spiro atoms. The summed E-state index contributed by atoms with van der Waals surface area (Å²) in [7, 11) is 8.19. The van der Waals surface area contributed by atoms with Gasteiger partial charge in [0.15, 0.2) is 15.6 Å². The maximum absolute atomic E-state index is 4.85. The van der Waals surface area contributed by atoms with Crippen molar-refractivity contribution in [3.05, 3.63) is 45.1 Å². The van der Waals surface area contributed by atoms with Gasteiger partial charge in [-0.1, -0.05) is 22.6 Å². The van der Waals surface area contributed by atoms with Gasteiger partial charge in [-0.25, -0.2) is 9.97 Å². The van der Waals surface area contributed by atoms with Crippen LogP contribution in [0.25, 0.3) is 33.0 Å². The molecule has 1 saturated heterocycles. The number of fused-ring (bicyclic) bond motifs is 1. The van der Waals surface area contributed by atoms with Crippen LogP contribution in [0.4, 0.5) is 10.8 Å². The number of imidazole rings is 1. The third-order valence-electron chi connectivity index (χ3n) is 6.27. The molecule has 3 aromatic heterocycles. The molecule has 0 bridgehead atoms. The normalized spacial score (nSPS) is 18.5. The smallest absolute Gasteiger partial charge is 0.553 e. The van der Waals surface area contributed by atoms with E-state index in [1.165, 1.54) is 0 Å². The molecule has 5 rings (SSSR count). The number of likely N-dealkylation sites (tertiary alicyclic amines) is 1. The van der Waals surface area contributed by atoms with E-state index in [1.807, 2.05) is 18.3 Å². The number of aromatic amines is 2. The summed E-state index contributed by atoms with van der Waals surface area (Å²) >= 11 is 1.63. The molecule has 0 aliphatic carbocycles. The molecule has 4 aromatic rings. The van der Waals surface area contributed by atoms with Crippen molar-refractivity contribution in [3.8, 4) is 22.5 Å². The van der Waals surface area contributed by atoms with E-state index in [-0.39, 0.29) is 58.8 Å². The van der Waals surface area contributed by atoms with Crippen molar-refractivity contribution in [1.29, 1.82) is 0 Å². The zero-order valence-corrected chi connectivity index (χ0v) is 23.9. The Labute approximate surface area is 242 Å². The molecule has 0 saturated carbocycles. The Morgan fingerprint density at radius 1 is 1.33 bits per heavy atom. The number of nitrogens with one attached hydrogen (secondary N) is 3. The van der Waals surface area contributed by atoms with Crippen LogP contribution < -0.4 is 61.6 Å². The summed E-state index contributed by atoms with van der Waals surface area (Å²) in [4.78, 5) is 18.7. The van der Waals surface area contributed by atoms with Crippen molar-refractivity contribution in [2.75, 3.05) is 30.9 Å². The van der Waals surface area contributed by atoms with Gasteiger partial charge < -0.3 is 27.5 Å². The largest absolute Gasteiger partial charge is 1.00 e. The predicted molar refractivity (Wildman–Crippen MR) is 133 cm³/mol. The first-order chi connectivity index (χ1) is 15.0. The van der Waals surface area contributed by atoms with Gasteiger partial charge in [0.2, 0.25) is 0 Å². The minimum absolute atomic E-state index is 0. The average molecular weight is 489 g/mol. The quantitative estimate of drug-likeness (QED) is 0.291. The topological polar surface area (TPSA) is 88.8 Å². The first kappa shape index (κ1) is 26.3. The van der Waals surface area contributed by atoms with Crippen molar-refractivity contribution < 1.29 is 51.4 Å². The maximum atomic E-state index is 4.85. The predicted octanol–water partition coefficient (Wildman–Crippen LogP) is 1.45. The number of aromatic nitrogens is 5. The van der Waals surface area contributed by atoms with Gasteiger partial charge in [0.1, 0.15) is 0 Å². The van der Waals surface area contributed by atoms with Crippen LogP contribution in [0.1, 0.15) is 19.8 Å². The zero-order valence-electron chi connectivity index (χ0n) is 19.9. The zero-order chi connectivity index (χ0) is 21.5. The summed E-state index contributed by atoms with van der Waals surface area (Å²) < 4.78 is 0. The average Bonchev–Trinajstić information content (AvgIpc) is 3.51. The summed E-state index contributed by atoms with van der Waals surface area (Å²) in [5.41, 5.74) is 4.41. The van der Waals surface area contributed by atoms with Gasteiger partial charge >= 0.3 is 51.4 Å². The second-order valence-electron chi connectivity index (χ2n) is 8.18. The fraction of sp³-hybridized carbons (Fsp3) is 0.348. The number of benzene rings is 1. The third-order valence-corrected chi connectivity index (χ3v) is 7.30. The summed E-state index contributed by atoms with van der Waals surface area (Å²) in [6.45, 7) is 3.41. The number of hydrogen-bond donors (Lipinski definition) is 3. The van der Waals surface area contributed by atoms with Gasteiger partial charge in [-0.05, 0) is 38.6 Å². The second kappa shape index (κ2) is 11.0. The van der Waals surface area contributed by atoms with Gasteiger partial charge in [-0.2, -0.15) is 5.10 Å². The maximum Gasteiger partial charge on any atom is 1.00 e. The van der Waals surface area contributed by atoms with Crippen molar-refractivity contribution in [2.45, 2.75) is 31.8 Å². The first-order valence-electron chi connectivity index (χ1n) is 10.4. The molecule has 170 valence electrons. The Hall–Kier alpha value is -1.27. The minimum Gasteiger partial charge on any atom is -0.553 e. The molecule has 3 N–H and O–H groups in total. The Morgan fingerprint density at radius 2 is 2.15 bits per heavy atom. The van der Waals surface area contributed by atoms with E-state index in [1.54, 1.807) is 17.5 Å².